The van der Waals surface area contributed by atoms with Crippen LogP contribution in [0, 0.1) is 6.92 Å². The molecule has 0 spiro atoms. The molecule has 1 aliphatic rings. The molecular formula is C40H46N2O9. The highest BCUT2D eigenvalue weighted by atomic mass is 16.5. The molecule has 0 bridgehead atoms. The Labute approximate surface area is 299 Å². The Bertz CT molecular complexity index is 1810. The third-order valence-electron chi connectivity index (χ3n) is 8.45. The van der Waals surface area contributed by atoms with Gasteiger partial charge in [-0.05, 0) is 91.4 Å². The molecular weight excluding hydrogens is 652 g/mol. The monoisotopic (exact) mass is 698 g/mol. The standard InChI is InChI=1S/C40H46N2O9/c1-25-11-15-30-29(19-25)40(43)42-39(41-30)28-14-16-31(32(24-28)44-2)50-17-9-8-10-18-51-38-35(47-5)22-27(23-36(38)48-6)13-12-26-20-33(45-3)37(49-7)34(21-26)46-4/h11-16,19-24,39,41H,8-10,17-18H2,1-7H3,(H,42,43). The zero-order chi connectivity index (χ0) is 36.3. The van der Waals surface area contributed by atoms with Crippen molar-refractivity contribution >= 4 is 23.7 Å². The molecule has 11 heteroatoms. The minimum atomic E-state index is -0.380. The van der Waals surface area contributed by atoms with Crippen LogP contribution in [0.2, 0.25) is 0 Å². The fourth-order valence-electron chi connectivity index (χ4n) is 5.79. The quantitative estimate of drug-likeness (QED) is 0.0840. The maximum absolute atomic E-state index is 12.7. The van der Waals surface area contributed by atoms with Crippen LogP contribution in [-0.2, 0) is 0 Å². The minimum absolute atomic E-state index is 0.115. The van der Waals surface area contributed by atoms with Gasteiger partial charge in [-0.1, -0.05) is 29.8 Å². The predicted octanol–water partition coefficient (Wildman–Crippen LogP) is 7.70. The first-order chi connectivity index (χ1) is 24.8. The van der Waals surface area contributed by atoms with Gasteiger partial charge in [0.2, 0.25) is 11.5 Å². The second-order valence-corrected chi connectivity index (χ2v) is 11.8. The molecule has 0 radical (unpaired) electrons. The first-order valence-corrected chi connectivity index (χ1v) is 16.7. The number of carbonyl (C=O) groups is 1. The van der Waals surface area contributed by atoms with Crippen LogP contribution >= 0.6 is 0 Å². The molecule has 0 fully saturated rings. The minimum Gasteiger partial charge on any atom is -0.493 e. The molecule has 0 saturated carbocycles. The zero-order valence-electron chi connectivity index (χ0n) is 30.2. The van der Waals surface area contributed by atoms with E-state index >= 15 is 0 Å². The number of nitrogens with one attached hydrogen (secondary N) is 2. The Hall–Kier alpha value is -5.71. The third-order valence-corrected chi connectivity index (χ3v) is 8.45. The number of benzene rings is 4. The Morgan fingerprint density at radius 2 is 1.14 bits per heavy atom. The largest absolute Gasteiger partial charge is 0.493 e. The number of hydrogen-bond acceptors (Lipinski definition) is 10. The van der Waals surface area contributed by atoms with Crippen molar-refractivity contribution in [3.8, 4) is 46.0 Å². The van der Waals surface area contributed by atoms with Crippen molar-refractivity contribution in [3.05, 3.63) is 88.5 Å². The molecule has 51 heavy (non-hydrogen) atoms. The zero-order valence-corrected chi connectivity index (χ0v) is 30.2. The van der Waals surface area contributed by atoms with Crippen LogP contribution in [-0.4, -0.2) is 61.8 Å². The summed E-state index contributed by atoms with van der Waals surface area (Å²) in [5, 5.41) is 6.42. The van der Waals surface area contributed by atoms with Crippen LogP contribution < -0.4 is 48.5 Å². The summed E-state index contributed by atoms with van der Waals surface area (Å²) in [6.45, 7) is 2.96. The van der Waals surface area contributed by atoms with Crippen LogP contribution in [0.3, 0.4) is 0 Å². The van der Waals surface area contributed by atoms with Crippen molar-refractivity contribution in [1.82, 2.24) is 5.32 Å². The highest BCUT2D eigenvalue weighted by Crippen LogP contribution is 2.41. The van der Waals surface area contributed by atoms with Crippen molar-refractivity contribution in [2.45, 2.75) is 32.4 Å². The molecule has 2 N–H and O–H groups in total. The summed E-state index contributed by atoms with van der Waals surface area (Å²) < 4.78 is 45.5. The van der Waals surface area contributed by atoms with Crippen molar-refractivity contribution < 1.29 is 42.7 Å². The van der Waals surface area contributed by atoms with Gasteiger partial charge in [-0.15, -0.1) is 0 Å². The van der Waals surface area contributed by atoms with E-state index in [1.807, 2.05) is 79.7 Å². The van der Waals surface area contributed by atoms with E-state index in [4.69, 9.17) is 37.9 Å². The number of aryl methyl sites for hydroxylation is 1. The van der Waals surface area contributed by atoms with Gasteiger partial charge in [0.05, 0.1) is 61.4 Å². The van der Waals surface area contributed by atoms with Gasteiger partial charge in [-0.3, -0.25) is 4.79 Å². The van der Waals surface area contributed by atoms with Crippen LogP contribution in [0.1, 0.15) is 58.0 Å². The molecule has 1 unspecified atom stereocenters. The highest BCUT2D eigenvalue weighted by Gasteiger charge is 2.25. The van der Waals surface area contributed by atoms with Crippen molar-refractivity contribution in [3.63, 3.8) is 0 Å². The van der Waals surface area contributed by atoms with Gasteiger partial charge in [-0.25, -0.2) is 0 Å². The summed E-state index contributed by atoms with van der Waals surface area (Å²) in [5.41, 5.74) is 5.07. The average molecular weight is 699 g/mol. The number of methoxy groups -OCH3 is 6. The number of ether oxygens (including phenoxy) is 8. The Balaban J connectivity index is 1.12. The lowest BCUT2D eigenvalue weighted by Crippen LogP contribution is -2.38. The fourth-order valence-corrected chi connectivity index (χ4v) is 5.79. The van der Waals surface area contributed by atoms with Gasteiger partial charge in [0.15, 0.2) is 34.5 Å². The first kappa shape index (κ1) is 36.6. The second kappa shape index (κ2) is 17.3. The molecule has 0 saturated heterocycles. The second-order valence-electron chi connectivity index (χ2n) is 11.8. The summed E-state index contributed by atoms with van der Waals surface area (Å²) in [5.74, 6) is 4.49. The third kappa shape index (κ3) is 8.72. The number of anilines is 1. The predicted molar refractivity (Wildman–Crippen MR) is 197 cm³/mol. The van der Waals surface area contributed by atoms with Crippen LogP contribution in [0.15, 0.2) is 60.7 Å². The van der Waals surface area contributed by atoms with Gasteiger partial charge >= 0.3 is 0 Å². The molecule has 11 nitrogen and oxygen atoms in total. The molecule has 1 heterocycles. The van der Waals surface area contributed by atoms with Gasteiger partial charge in [0, 0.05) is 5.69 Å². The molecule has 4 aromatic carbocycles. The van der Waals surface area contributed by atoms with E-state index in [9.17, 15) is 4.79 Å². The van der Waals surface area contributed by atoms with Crippen LogP contribution in [0.5, 0.6) is 46.0 Å². The normalized spacial score (nSPS) is 13.5. The summed E-state index contributed by atoms with van der Waals surface area (Å²) >= 11 is 0. The highest BCUT2D eigenvalue weighted by molar-refractivity contribution is 6.02. The molecule has 1 atom stereocenters. The van der Waals surface area contributed by atoms with Crippen LogP contribution in [0.25, 0.3) is 12.2 Å². The smallest absolute Gasteiger partial charge is 0.255 e. The van der Waals surface area contributed by atoms with Crippen LogP contribution in [0.4, 0.5) is 5.69 Å². The number of fused-ring (bicyclic) bond motifs is 1. The van der Waals surface area contributed by atoms with E-state index in [1.54, 1.807) is 42.7 Å². The van der Waals surface area contributed by atoms with E-state index in [0.29, 0.717) is 64.8 Å². The van der Waals surface area contributed by atoms with E-state index < -0.39 is 0 Å². The maximum atomic E-state index is 12.7. The first-order valence-electron chi connectivity index (χ1n) is 16.7. The van der Waals surface area contributed by atoms with Gasteiger partial charge in [0.1, 0.15) is 6.17 Å². The number of amides is 1. The van der Waals surface area contributed by atoms with E-state index in [0.717, 1.165) is 47.2 Å². The van der Waals surface area contributed by atoms with E-state index in [1.165, 1.54) is 0 Å². The van der Waals surface area contributed by atoms with Crippen molar-refractivity contribution in [2.24, 2.45) is 0 Å². The van der Waals surface area contributed by atoms with Gasteiger partial charge in [-0.2, -0.15) is 0 Å². The SMILES string of the molecule is COc1cc(C2NC(=O)c3cc(C)ccc3N2)ccc1OCCCCCOc1c(OC)cc(C=Cc2cc(OC)c(OC)c(OC)c2)cc1OC. The Morgan fingerprint density at radius 1 is 0.569 bits per heavy atom. The number of rotatable bonds is 17. The molecule has 1 aliphatic heterocycles. The lowest BCUT2D eigenvalue weighted by molar-refractivity contribution is 0.0935. The fraction of sp³-hybridized carbons (Fsp3) is 0.325. The average Bonchev–Trinajstić information content (AvgIpc) is 3.16. The topological polar surface area (TPSA) is 115 Å². The van der Waals surface area contributed by atoms with Crippen molar-refractivity contribution in [1.29, 1.82) is 0 Å². The molecule has 0 aromatic heterocycles. The molecule has 0 aliphatic carbocycles. The Morgan fingerprint density at radius 3 is 1.71 bits per heavy atom. The van der Waals surface area contributed by atoms with Gasteiger partial charge in [0.25, 0.3) is 5.91 Å². The summed E-state index contributed by atoms with van der Waals surface area (Å²) in [6, 6.07) is 19.0. The molecule has 4 aromatic rings. The summed E-state index contributed by atoms with van der Waals surface area (Å²) in [7, 11) is 9.57. The number of hydrogen-bond donors (Lipinski definition) is 2. The number of carbonyl (C=O) groups excluding carboxylic acids is 1. The van der Waals surface area contributed by atoms with E-state index in [2.05, 4.69) is 10.6 Å². The lowest BCUT2D eigenvalue weighted by atomic mass is 10.0. The molecule has 5 rings (SSSR count). The lowest BCUT2D eigenvalue weighted by Gasteiger charge is -2.28. The summed E-state index contributed by atoms with van der Waals surface area (Å²) in [4.78, 5) is 12.7. The molecule has 270 valence electrons. The summed E-state index contributed by atoms with van der Waals surface area (Å²) in [6.07, 6.45) is 6.03. The number of unbranched alkanes of at least 4 members (excludes halogenated alkanes) is 2. The van der Waals surface area contributed by atoms with Gasteiger partial charge < -0.3 is 48.5 Å². The van der Waals surface area contributed by atoms with Crippen molar-refractivity contribution in [2.75, 3.05) is 61.2 Å². The molecule has 1 amide bonds. The van der Waals surface area contributed by atoms with E-state index in [-0.39, 0.29) is 12.1 Å². The maximum Gasteiger partial charge on any atom is 0.255 e. The Kier molecular flexibility index (Phi) is 12.4.